The predicted octanol–water partition coefficient (Wildman–Crippen LogP) is 6.80. The summed E-state index contributed by atoms with van der Waals surface area (Å²) >= 11 is 9.10. The molecule has 186 valence electrons. The number of thioether (sulfide) groups is 1. The number of benzene rings is 3. The largest absolute Gasteiger partial charge is 0.490 e. The SMILES string of the molecule is CCOc1cc(/C=C2\SC(=S)N(C[C@@H]3CCCO3)C2=O)cc(I)c1OCc1cccc2ccccc12. The summed E-state index contributed by atoms with van der Waals surface area (Å²) in [5.41, 5.74) is 1.99. The number of amides is 1. The van der Waals surface area contributed by atoms with Crippen LogP contribution in [0.3, 0.4) is 0 Å². The van der Waals surface area contributed by atoms with E-state index in [4.69, 9.17) is 26.4 Å². The van der Waals surface area contributed by atoms with Crippen molar-refractivity contribution in [3.05, 3.63) is 74.2 Å². The first-order valence-electron chi connectivity index (χ1n) is 12.0. The Morgan fingerprint density at radius 2 is 2.03 bits per heavy atom. The van der Waals surface area contributed by atoms with Crippen LogP contribution in [0.2, 0.25) is 0 Å². The summed E-state index contributed by atoms with van der Waals surface area (Å²) in [5, 5.41) is 2.36. The maximum Gasteiger partial charge on any atom is 0.266 e. The zero-order valence-electron chi connectivity index (χ0n) is 19.9. The van der Waals surface area contributed by atoms with E-state index in [1.54, 1.807) is 4.90 Å². The smallest absolute Gasteiger partial charge is 0.266 e. The third-order valence-corrected chi connectivity index (χ3v) is 8.34. The maximum absolute atomic E-state index is 13.1. The third kappa shape index (κ3) is 5.56. The van der Waals surface area contributed by atoms with Gasteiger partial charge in [0.05, 0.1) is 27.7 Å². The first-order chi connectivity index (χ1) is 17.5. The van der Waals surface area contributed by atoms with E-state index in [9.17, 15) is 4.79 Å². The van der Waals surface area contributed by atoms with Crippen molar-refractivity contribution < 1.29 is 19.0 Å². The Hall–Kier alpha value is -2.14. The molecule has 1 amide bonds. The molecule has 2 aliphatic heterocycles. The van der Waals surface area contributed by atoms with Crippen LogP contribution in [-0.4, -0.2) is 41.0 Å². The van der Waals surface area contributed by atoms with Gasteiger partial charge >= 0.3 is 0 Å². The lowest BCUT2D eigenvalue weighted by Crippen LogP contribution is -2.35. The minimum Gasteiger partial charge on any atom is -0.490 e. The van der Waals surface area contributed by atoms with Crippen LogP contribution in [0.15, 0.2) is 59.5 Å². The van der Waals surface area contributed by atoms with E-state index >= 15 is 0 Å². The van der Waals surface area contributed by atoms with Gasteiger partial charge in [-0.3, -0.25) is 9.69 Å². The molecule has 2 aliphatic rings. The average Bonchev–Trinajstić information content (AvgIpc) is 3.48. The van der Waals surface area contributed by atoms with Gasteiger partial charge in [-0.1, -0.05) is 66.4 Å². The summed E-state index contributed by atoms with van der Waals surface area (Å²) in [4.78, 5) is 15.3. The fraction of sp³-hybridized carbons (Fsp3) is 0.286. The van der Waals surface area contributed by atoms with Crippen molar-refractivity contribution in [2.24, 2.45) is 0 Å². The molecule has 0 saturated carbocycles. The third-order valence-electron chi connectivity index (χ3n) is 6.17. The molecule has 2 fully saturated rings. The van der Waals surface area contributed by atoms with Crippen LogP contribution in [0, 0.1) is 3.57 Å². The van der Waals surface area contributed by atoms with E-state index in [2.05, 4.69) is 46.9 Å². The number of carbonyl (C=O) groups excluding carboxylic acids is 1. The molecule has 0 aliphatic carbocycles. The molecular weight excluding hydrogens is 605 g/mol. The summed E-state index contributed by atoms with van der Waals surface area (Å²) in [6, 6.07) is 18.5. The van der Waals surface area contributed by atoms with Crippen molar-refractivity contribution in [1.29, 1.82) is 0 Å². The van der Waals surface area contributed by atoms with Crippen LogP contribution in [0.1, 0.15) is 30.9 Å². The first-order valence-corrected chi connectivity index (χ1v) is 14.3. The second-order valence-corrected chi connectivity index (χ2v) is 11.5. The van der Waals surface area contributed by atoms with Crippen LogP contribution in [0.25, 0.3) is 16.8 Å². The van der Waals surface area contributed by atoms with E-state index in [0.717, 1.165) is 34.1 Å². The van der Waals surface area contributed by atoms with Crippen LogP contribution >= 0.6 is 46.6 Å². The van der Waals surface area contributed by atoms with Gasteiger partial charge < -0.3 is 14.2 Å². The van der Waals surface area contributed by atoms with Crippen LogP contribution in [0.5, 0.6) is 11.5 Å². The molecule has 5 rings (SSSR count). The Kier molecular flexibility index (Phi) is 8.15. The monoisotopic (exact) mass is 631 g/mol. The minimum atomic E-state index is -0.0650. The topological polar surface area (TPSA) is 48.0 Å². The summed E-state index contributed by atoms with van der Waals surface area (Å²) in [6.45, 7) is 4.16. The van der Waals surface area contributed by atoms with Crippen molar-refractivity contribution in [2.75, 3.05) is 19.8 Å². The van der Waals surface area contributed by atoms with Gasteiger partial charge in [0, 0.05) is 6.61 Å². The zero-order chi connectivity index (χ0) is 25.1. The van der Waals surface area contributed by atoms with Gasteiger partial charge in [-0.15, -0.1) is 0 Å². The first kappa shape index (κ1) is 25.5. The van der Waals surface area contributed by atoms with Gasteiger partial charge in [0.1, 0.15) is 10.9 Å². The number of hydrogen-bond donors (Lipinski definition) is 0. The second kappa shape index (κ2) is 11.5. The Labute approximate surface area is 234 Å². The number of ether oxygens (including phenoxy) is 3. The molecule has 2 saturated heterocycles. The van der Waals surface area contributed by atoms with E-state index in [-0.39, 0.29) is 12.0 Å². The molecule has 0 unspecified atom stereocenters. The number of carbonyl (C=O) groups is 1. The van der Waals surface area contributed by atoms with E-state index in [1.165, 1.54) is 22.5 Å². The highest BCUT2D eigenvalue weighted by molar-refractivity contribution is 14.1. The number of hydrogen-bond acceptors (Lipinski definition) is 6. The molecule has 0 spiro atoms. The van der Waals surface area contributed by atoms with E-state index in [1.807, 2.05) is 43.3 Å². The summed E-state index contributed by atoms with van der Waals surface area (Å²) in [6.07, 6.45) is 3.94. The van der Waals surface area contributed by atoms with Gasteiger partial charge in [0.25, 0.3) is 5.91 Å². The van der Waals surface area contributed by atoms with Gasteiger partial charge in [0.15, 0.2) is 11.5 Å². The number of thiocarbonyl (C=S) groups is 1. The Bertz CT molecular complexity index is 1330. The van der Waals surface area contributed by atoms with Crippen LogP contribution < -0.4 is 9.47 Å². The Morgan fingerprint density at radius 1 is 1.19 bits per heavy atom. The highest BCUT2D eigenvalue weighted by Crippen LogP contribution is 2.38. The normalized spacial score (nSPS) is 19.0. The molecule has 3 aromatic rings. The van der Waals surface area contributed by atoms with Crippen molar-refractivity contribution >= 4 is 73.6 Å². The average molecular weight is 632 g/mol. The van der Waals surface area contributed by atoms with Crippen LogP contribution in [0.4, 0.5) is 0 Å². The standard InChI is InChI=1S/C28H26INO4S2/c1-2-32-24-14-18(15-25-27(31)30(28(35)36-25)16-21-10-6-12-33-21)13-23(29)26(24)34-17-20-9-5-8-19-7-3-4-11-22(19)20/h3-5,7-9,11,13-15,21H,2,6,10,12,16-17H2,1H3/b25-15-/t21-/m0/s1. The Balaban J connectivity index is 1.37. The Morgan fingerprint density at radius 3 is 2.83 bits per heavy atom. The lowest BCUT2D eigenvalue weighted by molar-refractivity contribution is -0.123. The molecule has 0 aromatic heterocycles. The molecule has 36 heavy (non-hydrogen) atoms. The molecule has 0 N–H and O–H groups in total. The molecule has 8 heteroatoms. The molecule has 2 heterocycles. The maximum atomic E-state index is 13.1. The fourth-order valence-corrected chi connectivity index (χ4v) is 6.50. The van der Waals surface area contributed by atoms with Gasteiger partial charge in [-0.2, -0.15) is 0 Å². The van der Waals surface area contributed by atoms with Gasteiger partial charge in [0.2, 0.25) is 0 Å². The predicted molar refractivity (Wildman–Crippen MR) is 157 cm³/mol. The lowest BCUT2D eigenvalue weighted by Gasteiger charge is -2.18. The molecule has 0 bridgehead atoms. The molecule has 3 aromatic carbocycles. The number of fused-ring (bicyclic) bond motifs is 1. The van der Waals surface area contributed by atoms with E-state index in [0.29, 0.717) is 40.5 Å². The molecular formula is C28H26INO4S2. The van der Waals surface area contributed by atoms with Gasteiger partial charge in [-0.05, 0) is 82.5 Å². The van der Waals surface area contributed by atoms with Crippen molar-refractivity contribution in [2.45, 2.75) is 32.5 Å². The summed E-state index contributed by atoms with van der Waals surface area (Å²) < 4.78 is 19.5. The number of rotatable bonds is 8. The number of halogens is 1. The van der Waals surface area contributed by atoms with E-state index < -0.39 is 0 Å². The van der Waals surface area contributed by atoms with Crippen molar-refractivity contribution in [3.63, 3.8) is 0 Å². The molecule has 0 radical (unpaired) electrons. The van der Waals surface area contributed by atoms with Crippen LogP contribution in [-0.2, 0) is 16.1 Å². The summed E-state index contributed by atoms with van der Waals surface area (Å²) in [5.74, 6) is 1.30. The lowest BCUT2D eigenvalue weighted by atomic mass is 10.1. The fourth-order valence-electron chi connectivity index (χ4n) is 4.44. The van der Waals surface area contributed by atoms with Crippen molar-refractivity contribution in [1.82, 2.24) is 4.90 Å². The summed E-state index contributed by atoms with van der Waals surface area (Å²) in [7, 11) is 0. The van der Waals surface area contributed by atoms with Crippen molar-refractivity contribution in [3.8, 4) is 11.5 Å². The second-order valence-electron chi connectivity index (χ2n) is 8.62. The van der Waals surface area contributed by atoms with Gasteiger partial charge in [-0.25, -0.2) is 0 Å². The quantitative estimate of drug-likeness (QED) is 0.155. The highest BCUT2D eigenvalue weighted by atomic mass is 127. The zero-order valence-corrected chi connectivity index (χ0v) is 23.7. The minimum absolute atomic E-state index is 0.0650. The molecule has 1 atom stereocenters. The molecule has 5 nitrogen and oxygen atoms in total. The number of nitrogens with zero attached hydrogens (tertiary/aromatic N) is 1. The highest BCUT2D eigenvalue weighted by Gasteiger charge is 2.34.